The lowest BCUT2D eigenvalue weighted by Crippen LogP contribution is -2.26. The fourth-order valence-electron chi connectivity index (χ4n) is 1.70. The van der Waals surface area contributed by atoms with Crippen molar-refractivity contribution in [2.45, 2.75) is 26.2 Å². The van der Waals surface area contributed by atoms with Crippen molar-refractivity contribution < 1.29 is 8.42 Å². The molecule has 4 nitrogen and oxygen atoms in total. The van der Waals surface area contributed by atoms with Gasteiger partial charge in [0.25, 0.3) is 0 Å². The molecule has 0 amide bonds. The van der Waals surface area contributed by atoms with E-state index in [-0.39, 0.29) is 11.7 Å². The molecule has 0 radical (unpaired) electrons. The first-order chi connectivity index (χ1) is 6.56. The highest BCUT2D eigenvalue weighted by Gasteiger charge is 2.32. The van der Waals surface area contributed by atoms with Crippen LogP contribution in [0.5, 0.6) is 0 Å². The van der Waals surface area contributed by atoms with Crippen LogP contribution in [0, 0.1) is 17.2 Å². The van der Waals surface area contributed by atoms with E-state index in [1.54, 1.807) is 4.31 Å². The third-order valence-corrected chi connectivity index (χ3v) is 4.46. The van der Waals surface area contributed by atoms with Gasteiger partial charge in [0.05, 0.1) is 11.8 Å². The van der Waals surface area contributed by atoms with Gasteiger partial charge in [-0.1, -0.05) is 6.92 Å². The van der Waals surface area contributed by atoms with Gasteiger partial charge in [0.1, 0.15) is 0 Å². The molecule has 1 atom stereocenters. The van der Waals surface area contributed by atoms with Crippen molar-refractivity contribution in [2.75, 3.05) is 18.8 Å². The Balaban J connectivity index is 2.35. The van der Waals surface area contributed by atoms with Crippen LogP contribution in [-0.4, -0.2) is 31.6 Å². The first-order valence-electron chi connectivity index (χ1n) is 4.91. The molecule has 0 aromatic carbocycles. The molecule has 0 aliphatic carbocycles. The van der Waals surface area contributed by atoms with Crippen molar-refractivity contribution in [3.63, 3.8) is 0 Å². The molecule has 0 aromatic rings. The molecule has 1 rings (SSSR count). The molecule has 5 heteroatoms. The average molecular weight is 216 g/mol. The molecular weight excluding hydrogens is 200 g/mol. The predicted octanol–water partition coefficient (Wildman–Crippen LogP) is 0.962. The minimum atomic E-state index is -2.97. The van der Waals surface area contributed by atoms with E-state index in [1.807, 2.05) is 6.92 Å². The summed E-state index contributed by atoms with van der Waals surface area (Å²) in [5.74, 6) is 0.529. The van der Waals surface area contributed by atoms with E-state index in [1.165, 1.54) is 0 Å². The Morgan fingerprint density at radius 3 is 2.71 bits per heavy atom. The van der Waals surface area contributed by atoms with Crippen LogP contribution in [0.4, 0.5) is 0 Å². The van der Waals surface area contributed by atoms with Gasteiger partial charge in [0.15, 0.2) is 0 Å². The number of rotatable bonds is 4. The van der Waals surface area contributed by atoms with Crippen molar-refractivity contribution in [3.05, 3.63) is 0 Å². The van der Waals surface area contributed by atoms with Crippen LogP contribution in [0.1, 0.15) is 26.2 Å². The summed E-state index contributed by atoms with van der Waals surface area (Å²) in [7, 11) is -2.97. The first-order valence-corrected chi connectivity index (χ1v) is 6.52. The molecule has 0 N–H and O–H groups in total. The highest BCUT2D eigenvalue weighted by atomic mass is 32.2. The molecule has 0 bridgehead atoms. The minimum absolute atomic E-state index is 0.246. The average Bonchev–Trinajstić information content (AvgIpc) is 2.33. The zero-order valence-electron chi connectivity index (χ0n) is 8.44. The number of unbranched alkanes of at least 4 members (excludes halogenated alkanes) is 2. The van der Waals surface area contributed by atoms with E-state index < -0.39 is 10.0 Å². The summed E-state index contributed by atoms with van der Waals surface area (Å²) in [6.07, 6.45) is 2.10. The van der Waals surface area contributed by atoms with E-state index in [9.17, 15) is 8.42 Å². The maximum absolute atomic E-state index is 11.5. The molecule has 0 aromatic heterocycles. The number of hydrogen-bond donors (Lipinski definition) is 0. The van der Waals surface area contributed by atoms with Gasteiger partial charge in [-0.25, -0.2) is 12.7 Å². The molecule has 14 heavy (non-hydrogen) atoms. The molecule has 1 aliphatic heterocycles. The van der Waals surface area contributed by atoms with Gasteiger partial charge >= 0.3 is 0 Å². The summed E-state index contributed by atoms with van der Waals surface area (Å²) < 4.78 is 24.5. The minimum Gasteiger partial charge on any atom is -0.212 e. The molecule has 0 spiro atoms. The number of hydrogen-bond acceptors (Lipinski definition) is 3. The number of sulfonamides is 1. The SMILES string of the molecule is CC1CN(CCCCC#N)S(=O)(=O)C1. The summed E-state index contributed by atoms with van der Waals surface area (Å²) in [6.45, 7) is 3.18. The zero-order valence-corrected chi connectivity index (χ0v) is 9.26. The van der Waals surface area contributed by atoms with Crippen molar-refractivity contribution >= 4 is 10.0 Å². The topological polar surface area (TPSA) is 61.2 Å². The normalized spacial score (nSPS) is 26.1. The monoisotopic (exact) mass is 216 g/mol. The van der Waals surface area contributed by atoms with Crippen molar-refractivity contribution in [2.24, 2.45) is 5.92 Å². The quantitative estimate of drug-likeness (QED) is 0.658. The van der Waals surface area contributed by atoms with Crippen LogP contribution in [0.3, 0.4) is 0 Å². The van der Waals surface area contributed by atoms with Crippen molar-refractivity contribution in [3.8, 4) is 6.07 Å². The second kappa shape index (κ2) is 4.76. The second-order valence-corrected chi connectivity index (χ2v) is 5.87. The predicted molar refractivity (Wildman–Crippen MR) is 54.0 cm³/mol. The van der Waals surface area contributed by atoms with Crippen molar-refractivity contribution in [1.29, 1.82) is 5.26 Å². The highest BCUT2D eigenvalue weighted by molar-refractivity contribution is 7.89. The van der Waals surface area contributed by atoms with Crippen LogP contribution in [0.2, 0.25) is 0 Å². The summed E-state index contributed by atoms with van der Waals surface area (Å²) >= 11 is 0. The van der Waals surface area contributed by atoms with Crippen LogP contribution in [0.15, 0.2) is 0 Å². The Morgan fingerprint density at radius 1 is 1.50 bits per heavy atom. The number of nitriles is 1. The lowest BCUT2D eigenvalue weighted by atomic mass is 10.2. The van der Waals surface area contributed by atoms with Gasteiger partial charge in [0, 0.05) is 19.5 Å². The fraction of sp³-hybridized carbons (Fsp3) is 0.889. The molecule has 1 saturated heterocycles. The van der Waals surface area contributed by atoms with E-state index in [0.29, 0.717) is 19.5 Å². The van der Waals surface area contributed by atoms with E-state index >= 15 is 0 Å². The first kappa shape index (κ1) is 11.5. The second-order valence-electron chi connectivity index (χ2n) is 3.86. The van der Waals surface area contributed by atoms with Gasteiger partial charge in [-0.2, -0.15) is 5.26 Å². The summed E-state index contributed by atoms with van der Waals surface area (Å²) in [4.78, 5) is 0. The van der Waals surface area contributed by atoms with Crippen molar-refractivity contribution in [1.82, 2.24) is 4.31 Å². The standard InChI is InChI=1S/C9H16N2O2S/c1-9-7-11(14(12,13)8-9)6-4-2-3-5-10/h9H,2-4,6-8H2,1H3. The Morgan fingerprint density at radius 2 is 2.21 bits per heavy atom. The molecule has 0 saturated carbocycles. The fourth-order valence-corrected chi connectivity index (χ4v) is 3.63. The van der Waals surface area contributed by atoms with Gasteiger partial charge in [-0.3, -0.25) is 0 Å². The Hall–Kier alpha value is -0.600. The van der Waals surface area contributed by atoms with Crippen LogP contribution >= 0.6 is 0 Å². The Bertz CT molecular complexity index is 318. The molecule has 1 heterocycles. The zero-order chi connectivity index (χ0) is 10.6. The Kier molecular flexibility index (Phi) is 3.90. The smallest absolute Gasteiger partial charge is 0.212 e. The largest absolute Gasteiger partial charge is 0.214 e. The molecule has 1 aliphatic rings. The lowest BCUT2D eigenvalue weighted by Gasteiger charge is -2.13. The molecule has 1 unspecified atom stereocenters. The van der Waals surface area contributed by atoms with E-state index in [2.05, 4.69) is 6.07 Å². The maximum Gasteiger partial charge on any atom is 0.214 e. The van der Waals surface area contributed by atoms with Gasteiger partial charge in [0.2, 0.25) is 10.0 Å². The van der Waals surface area contributed by atoms with Gasteiger partial charge < -0.3 is 0 Å². The Labute approximate surface area is 85.6 Å². The summed E-state index contributed by atoms with van der Waals surface area (Å²) in [5.41, 5.74) is 0. The third kappa shape index (κ3) is 2.96. The maximum atomic E-state index is 11.5. The van der Waals surface area contributed by atoms with E-state index in [0.717, 1.165) is 12.8 Å². The third-order valence-electron chi connectivity index (χ3n) is 2.35. The van der Waals surface area contributed by atoms with Crippen LogP contribution < -0.4 is 0 Å². The van der Waals surface area contributed by atoms with Crippen LogP contribution in [0.25, 0.3) is 0 Å². The van der Waals surface area contributed by atoms with E-state index in [4.69, 9.17) is 5.26 Å². The number of nitrogens with zero attached hydrogens (tertiary/aromatic N) is 2. The van der Waals surface area contributed by atoms with Gasteiger partial charge in [-0.15, -0.1) is 0 Å². The molecular formula is C9H16N2O2S. The summed E-state index contributed by atoms with van der Waals surface area (Å²) in [6, 6.07) is 2.05. The van der Waals surface area contributed by atoms with Gasteiger partial charge in [-0.05, 0) is 18.8 Å². The van der Waals surface area contributed by atoms with Crippen LogP contribution in [-0.2, 0) is 10.0 Å². The lowest BCUT2D eigenvalue weighted by molar-refractivity contribution is 0.403. The molecule has 80 valence electrons. The highest BCUT2D eigenvalue weighted by Crippen LogP contribution is 2.19. The molecule has 1 fully saturated rings. The summed E-state index contributed by atoms with van der Waals surface area (Å²) in [5, 5.41) is 8.32.